The Kier molecular flexibility index (Phi) is 4.45. The second-order valence-electron chi connectivity index (χ2n) is 8.82. The number of fused-ring (bicyclic) bond motifs is 3. The van der Waals surface area contributed by atoms with E-state index in [0.717, 1.165) is 37.1 Å². The van der Waals surface area contributed by atoms with E-state index in [1.165, 1.54) is 22.6 Å². The van der Waals surface area contributed by atoms with Gasteiger partial charge in [-0.3, -0.25) is 0 Å². The first-order valence-corrected chi connectivity index (χ1v) is 10.1. The lowest BCUT2D eigenvalue weighted by Crippen LogP contribution is -2.26. The molecule has 0 saturated carbocycles. The quantitative estimate of drug-likeness (QED) is 0.602. The van der Waals surface area contributed by atoms with Crippen molar-refractivity contribution in [3.8, 4) is 0 Å². The summed E-state index contributed by atoms with van der Waals surface area (Å²) in [5, 5.41) is 4.66. The molecule has 1 aliphatic rings. The summed E-state index contributed by atoms with van der Waals surface area (Å²) in [6, 6.07) is 11.2. The van der Waals surface area contributed by atoms with Crippen LogP contribution in [-0.2, 0) is 6.42 Å². The zero-order valence-corrected chi connectivity index (χ0v) is 17.2. The van der Waals surface area contributed by atoms with Gasteiger partial charge in [0, 0.05) is 18.3 Å². The number of benzene rings is 1. The van der Waals surface area contributed by atoms with Gasteiger partial charge in [-0.1, -0.05) is 39.8 Å². The Morgan fingerprint density at radius 2 is 1.89 bits per heavy atom. The summed E-state index contributed by atoms with van der Waals surface area (Å²) < 4.78 is 2.03. The van der Waals surface area contributed by atoms with E-state index < -0.39 is 0 Å². The highest BCUT2D eigenvalue weighted by Crippen LogP contribution is 2.39. The van der Waals surface area contributed by atoms with Crippen LogP contribution in [0.1, 0.15) is 63.4 Å². The van der Waals surface area contributed by atoms with Crippen LogP contribution >= 0.6 is 0 Å². The molecule has 27 heavy (non-hydrogen) atoms. The number of aryl methyl sites for hydroxylation is 2. The second-order valence-corrected chi connectivity index (χ2v) is 8.82. The summed E-state index contributed by atoms with van der Waals surface area (Å²) in [6.07, 6.45) is 5.36. The first kappa shape index (κ1) is 18.0. The summed E-state index contributed by atoms with van der Waals surface area (Å²) >= 11 is 0. The van der Waals surface area contributed by atoms with Crippen LogP contribution in [0.5, 0.6) is 0 Å². The Balaban J connectivity index is 1.70. The van der Waals surface area contributed by atoms with Gasteiger partial charge in [-0.05, 0) is 55.2 Å². The molecule has 0 aliphatic carbocycles. The molecule has 1 aromatic carbocycles. The molecule has 1 atom stereocenters. The van der Waals surface area contributed by atoms with Crippen LogP contribution in [0, 0.1) is 12.3 Å². The van der Waals surface area contributed by atoms with Gasteiger partial charge in [0.05, 0.1) is 23.3 Å². The largest absolute Gasteiger partial charge is 0.339 e. The van der Waals surface area contributed by atoms with Gasteiger partial charge in [0.1, 0.15) is 0 Å². The molecule has 1 aliphatic heterocycles. The third-order valence-corrected chi connectivity index (χ3v) is 5.83. The van der Waals surface area contributed by atoms with Crippen LogP contribution in [0.4, 0.5) is 11.4 Å². The molecule has 142 valence electrons. The van der Waals surface area contributed by atoms with E-state index in [-0.39, 0.29) is 5.41 Å². The van der Waals surface area contributed by atoms with Crippen molar-refractivity contribution in [1.29, 1.82) is 0 Å². The van der Waals surface area contributed by atoms with Crippen molar-refractivity contribution in [3.63, 3.8) is 0 Å². The Labute approximate surface area is 162 Å². The Bertz CT molecular complexity index is 947. The first-order valence-electron chi connectivity index (χ1n) is 10.1. The minimum atomic E-state index is 0.279. The average molecular weight is 363 g/mol. The molecule has 0 unspecified atom stereocenters. The van der Waals surface area contributed by atoms with Crippen LogP contribution in [-0.4, -0.2) is 21.1 Å². The number of aromatic nitrogens is 3. The fraction of sp³-hybridized carbons (Fsp3) is 0.478. The van der Waals surface area contributed by atoms with E-state index >= 15 is 0 Å². The van der Waals surface area contributed by atoms with Crippen LogP contribution in [0.3, 0.4) is 0 Å². The predicted octanol–water partition coefficient (Wildman–Crippen LogP) is 5.66. The molecule has 4 nitrogen and oxygen atoms in total. The van der Waals surface area contributed by atoms with E-state index in [2.05, 4.69) is 66.9 Å². The van der Waals surface area contributed by atoms with Gasteiger partial charge >= 0.3 is 0 Å². The lowest BCUT2D eigenvalue weighted by atomic mass is 9.75. The molecule has 0 fully saturated rings. The highest BCUT2D eigenvalue weighted by Gasteiger charge is 2.26. The number of anilines is 2. The molecule has 0 radical (unpaired) electrons. The lowest BCUT2D eigenvalue weighted by molar-refractivity contribution is 0.312. The van der Waals surface area contributed by atoms with Crippen molar-refractivity contribution in [3.05, 3.63) is 53.5 Å². The van der Waals surface area contributed by atoms with E-state index in [4.69, 9.17) is 0 Å². The molecule has 3 heterocycles. The van der Waals surface area contributed by atoms with E-state index in [0.29, 0.717) is 5.92 Å². The second kappa shape index (κ2) is 6.66. The predicted molar refractivity (Wildman–Crippen MR) is 112 cm³/mol. The normalized spacial score (nSPS) is 15.8. The van der Waals surface area contributed by atoms with Gasteiger partial charge in [0.25, 0.3) is 0 Å². The zero-order valence-electron chi connectivity index (χ0n) is 17.2. The summed E-state index contributed by atoms with van der Waals surface area (Å²) in [5.74, 6) is 0.577. The van der Waals surface area contributed by atoms with Crippen LogP contribution in [0.2, 0.25) is 0 Å². The first-order chi connectivity index (χ1) is 12.9. The maximum absolute atomic E-state index is 4.66. The van der Waals surface area contributed by atoms with Crippen LogP contribution in [0.15, 0.2) is 36.5 Å². The van der Waals surface area contributed by atoms with Crippen molar-refractivity contribution in [2.24, 2.45) is 5.41 Å². The summed E-state index contributed by atoms with van der Waals surface area (Å²) in [6.45, 7) is 12.3. The number of hydrogen-bond acceptors (Lipinski definition) is 3. The summed E-state index contributed by atoms with van der Waals surface area (Å²) in [5.41, 5.74) is 7.37. The van der Waals surface area contributed by atoms with Crippen molar-refractivity contribution in [2.45, 2.75) is 59.8 Å². The SMILES string of the molecule is CC[C@@H](c1ccc(N2CCCc3c2cnc2cc(C)nn32)cc1)C(C)(C)C. The van der Waals surface area contributed by atoms with Crippen LogP contribution in [0.25, 0.3) is 5.65 Å². The third kappa shape index (κ3) is 3.22. The molecule has 0 amide bonds. The van der Waals surface area contributed by atoms with Crippen molar-refractivity contribution in [2.75, 3.05) is 11.4 Å². The molecule has 0 saturated heterocycles. The summed E-state index contributed by atoms with van der Waals surface area (Å²) in [4.78, 5) is 7.03. The van der Waals surface area contributed by atoms with Gasteiger partial charge in [-0.15, -0.1) is 0 Å². The van der Waals surface area contributed by atoms with E-state index in [9.17, 15) is 0 Å². The van der Waals surface area contributed by atoms with Crippen molar-refractivity contribution in [1.82, 2.24) is 14.6 Å². The Hall–Kier alpha value is -2.36. The number of rotatable bonds is 3. The monoisotopic (exact) mass is 362 g/mol. The van der Waals surface area contributed by atoms with Gasteiger partial charge in [0.2, 0.25) is 0 Å². The molecular weight excluding hydrogens is 332 g/mol. The highest BCUT2D eigenvalue weighted by atomic mass is 15.3. The van der Waals surface area contributed by atoms with Gasteiger partial charge in [0.15, 0.2) is 5.65 Å². The minimum Gasteiger partial charge on any atom is -0.339 e. The molecular formula is C23H30N4. The summed E-state index contributed by atoms with van der Waals surface area (Å²) in [7, 11) is 0. The fourth-order valence-electron chi connectivity index (χ4n) is 4.57. The molecule has 2 aromatic heterocycles. The fourth-order valence-corrected chi connectivity index (χ4v) is 4.57. The molecule has 4 heteroatoms. The van der Waals surface area contributed by atoms with E-state index in [1.54, 1.807) is 0 Å². The lowest BCUT2D eigenvalue weighted by Gasteiger charge is -2.33. The van der Waals surface area contributed by atoms with Crippen molar-refractivity contribution >= 4 is 17.0 Å². The Morgan fingerprint density at radius 1 is 1.15 bits per heavy atom. The number of nitrogens with zero attached hydrogens (tertiary/aromatic N) is 4. The maximum atomic E-state index is 4.66. The molecule has 0 spiro atoms. The topological polar surface area (TPSA) is 33.4 Å². The van der Waals surface area contributed by atoms with Gasteiger partial charge in [-0.2, -0.15) is 5.10 Å². The zero-order chi connectivity index (χ0) is 19.2. The van der Waals surface area contributed by atoms with Crippen LogP contribution < -0.4 is 4.90 Å². The molecule has 4 rings (SSSR count). The van der Waals surface area contributed by atoms with Crippen molar-refractivity contribution < 1.29 is 0 Å². The van der Waals surface area contributed by atoms with Gasteiger partial charge in [-0.25, -0.2) is 9.50 Å². The smallest absolute Gasteiger partial charge is 0.155 e. The molecule has 0 bridgehead atoms. The minimum absolute atomic E-state index is 0.279. The Morgan fingerprint density at radius 3 is 2.56 bits per heavy atom. The molecule has 3 aromatic rings. The molecule has 0 N–H and O–H groups in total. The standard InChI is InChI=1S/C23H30N4/c1-6-19(23(3,4)5)17-9-11-18(12-10-17)26-13-7-8-20-21(26)15-24-22-14-16(2)25-27(20)22/h9-12,14-15,19H,6-8,13H2,1-5H3/t19-/m0/s1. The highest BCUT2D eigenvalue weighted by molar-refractivity contribution is 5.67. The number of hydrogen-bond donors (Lipinski definition) is 0. The maximum Gasteiger partial charge on any atom is 0.155 e. The third-order valence-electron chi connectivity index (χ3n) is 5.83. The van der Waals surface area contributed by atoms with Gasteiger partial charge < -0.3 is 4.90 Å². The average Bonchev–Trinajstić information content (AvgIpc) is 3.02. The van der Waals surface area contributed by atoms with E-state index in [1.807, 2.05) is 23.7 Å².